The van der Waals surface area contributed by atoms with Gasteiger partial charge in [-0.25, -0.2) is 3.63 Å². The number of hydrogen-bond acceptors (Lipinski definition) is 7. The lowest BCUT2D eigenvalue weighted by molar-refractivity contribution is 0.111. The van der Waals surface area contributed by atoms with Crippen molar-refractivity contribution in [3.63, 3.8) is 0 Å². The van der Waals surface area contributed by atoms with E-state index in [2.05, 4.69) is 0 Å². The highest BCUT2D eigenvalue weighted by atomic mass is 32.2. The molecule has 0 aliphatic heterocycles. The van der Waals surface area contributed by atoms with E-state index in [0.717, 1.165) is 22.4 Å². The molecule has 7 heteroatoms. The highest BCUT2D eigenvalue weighted by Gasteiger charge is 2.03. The lowest BCUT2D eigenvalue weighted by Gasteiger charge is -2.07. The number of aldehydes is 2. The molecular formula is C26H18O5S2. The minimum absolute atomic E-state index is 0.608. The third kappa shape index (κ3) is 6.73. The first-order valence-electron chi connectivity index (χ1n) is 9.89. The van der Waals surface area contributed by atoms with Crippen molar-refractivity contribution < 1.29 is 22.7 Å². The van der Waals surface area contributed by atoms with Gasteiger partial charge in [0.15, 0.2) is 0 Å². The molecule has 0 atom stereocenters. The van der Waals surface area contributed by atoms with Crippen molar-refractivity contribution in [3.8, 4) is 23.0 Å². The second-order valence-corrected chi connectivity index (χ2v) is 8.58. The number of hydrogen-bond donors (Lipinski definition) is 0. The van der Waals surface area contributed by atoms with Gasteiger partial charge in [-0.15, -0.1) is 0 Å². The van der Waals surface area contributed by atoms with E-state index in [1.165, 1.54) is 24.1 Å². The summed E-state index contributed by atoms with van der Waals surface area (Å²) in [5.41, 5.74) is 1.22. The third-order valence-corrected chi connectivity index (χ3v) is 5.89. The van der Waals surface area contributed by atoms with Crippen LogP contribution in [0, 0.1) is 0 Å². The Morgan fingerprint density at radius 2 is 0.758 bits per heavy atom. The van der Waals surface area contributed by atoms with Crippen LogP contribution in [0.4, 0.5) is 0 Å². The first kappa shape index (κ1) is 22.7. The van der Waals surface area contributed by atoms with Crippen molar-refractivity contribution in [2.75, 3.05) is 0 Å². The number of carbonyl (C=O) groups excluding carboxylic acids is 2. The van der Waals surface area contributed by atoms with Gasteiger partial charge in [0.25, 0.3) is 0 Å². The maximum Gasteiger partial charge on any atom is 0.150 e. The quantitative estimate of drug-likeness (QED) is 0.173. The van der Waals surface area contributed by atoms with Gasteiger partial charge in [0.1, 0.15) is 35.6 Å². The number of ether oxygens (including phenoxy) is 2. The molecule has 4 aromatic carbocycles. The topological polar surface area (TPSA) is 61.8 Å². The van der Waals surface area contributed by atoms with E-state index in [1.807, 2.05) is 48.5 Å². The monoisotopic (exact) mass is 474 g/mol. The zero-order valence-electron chi connectivity index (χ0n) is 17.3. The van der Waals surface area contributed by atoms with Crippen molar-refractivity contribution >= 4 is 36.7 Å². The number of carbonyl (C=O) groups is 2. The summed E-state index contributed by atoms with van der Waals surface area (Å²) in [7, 11) is 0. The highest BCUT2D eigenvalue weighted by molar-refractivity contribution is 8.07. The van der Waals surface area contributed by atoms with Crippen LogP contribution < -0.4 is 9.47 Å². The SMILES string of the molecule is O=Cc1ccc(Oc2ccc(SOSc3ccc(Oc4ccc(C=O)cc4)cc3)cc2)cc1. The molecule has 0 saturated heterocycles. The zero-order valence-corrected chi connectivity index (χ0v) is 18.9. The molecule has 0 saturated carbocycles. The fourth-order valence-corrected chi connectivity index (χ4v) is 3.98. The highest BCUT2D eigenvalue weighted by Crippen LogP contribution is 2.32. The molecule has 0 radical (unpaired) electrons. The maximum absolute atomic E-state index is 10.7. The molecule has 0 amide bonds. The molecule has 0 fully saturated rings. The van der Waals surface area contributed by atoms with Crippen LogP contribution in [0.5, 0.6) is 23.0 Å². The molecule has 0 unspecified atom stereocenters. The van der Waals surface area contributed by atoms with Crippen LogP contribution >= 0.6 is 24.1 Å². The van der Waals surface area contributed by atoms with Gasteiger partial charge in [-0.05, 0) is 97.1 Å². The van der Waals surface area contributed by atoms with Crippen molar-refractivity contribution in [3.05, 3.63) is 108 Å². The van der Waals surface area contributed by atoms with Crippen LogP contribution in [0.3, 0.4) is 0 Å². The smallest absolute Gasteiger partial charge is 0.150 e. The Morgan fingerprint density at radius 1 is 0.455 bits per heavy atom. The predicted molar refractivity (Wildman–Crippen MR) is 129 cm³/mol. The Morgan fingerprint density at radius 3 is 1.06 bits per heavy atom. The molecule has 4 rings (SSSR count). The second-order valence-electron chi connectivity index (χ2n) is 6.76. The second kappa shape index (κ2) is 11.4. The maximum atomic E-state index is 10.7. The Kier molecular flexibility index (Phi) is 7.81. The summed E-state index contributed by atoms with van der Waals surface area (Å²) in [6.07, 6.45) is 1.60. The number of benzene rings is 4. The molecule has 0 aliphatic rings. The van der Waals surface area contributed by atoms with E-state index in [4.69, 9.17) is 13.1 Å². The summed E-state index contributed by atoms with van der Waals surface area (Å²) in [4.78, 5) is 23.3. The normalized spacial score (nSPS) is 10.4. The minimum Gasteiger partial charge on any atom is -0.457 e. The van der Waals surface area contributed by atoms with Gasteiger partial charge >= 0.3 is 0 Å². The third-order valence-electron chi connectivity index (χ3n) is 4.41. The average Bonchev–Trinajstić information content (AvgIpc) is 2.87. The van der Waals surface area contributed by atoms with E-state index < -0.39 is 0 Å². The van der Waals surface area contributed by atoms with Crippen molar-refractivity contribution in [1.29, 1.82) is 0 Å². The van der Waals surface area contributed by atoms with Crippen LogP contribution in [-0.2, 0) is 3.63 Å². The van der Waals surface area contributed by atoms with Gasteiger partial charge < -0.3 is 9.47 Å². The van der Waals surface area contributed by atoms with E-state index in [1.54, 1.807) is 48.5 Å². The van der Waals surface area contributed by atoms with Crippen molar-refractivity contribution in [1.82, 2.24) is 0 Å². The van der Waals surface area contributed by atoms with E-state index in [9.17, 15) is 9.59 Å². The lowest BCUT2D eigenvalue weighted by atomic mass is 10.2. The zero-order chi connectivity index (χ0) is 22.9. The van der Waals surface area contributed by atoms with Gasteiger partial charge in [-0.1, -0.05) is 0 Å². The van der Waals surface area contributed by atoms with E-state index in [-0.39, 0.29) is 0 Å². The summed E-state index contributed by atoms with van der Waals surface area (Å²) >= 11 is 2.51. The molecule has 0 heterocycles. The predicted octanol–water partition coefficient (Wildman–Crippen LogP) is 7.63. The Labute approximate surface area is 200 Å². The molecule has 0 aliphatic carbocycles. The summed E-state index contributed by atoms with van der Waals surface area (Å²) in [6.45, 7) is 0. The van der Waals surface area contributed by atoms with Gasteiger partial charge in [0, 0.05) is 45.0 Å². The molecule has 0 spiro atoms. The van der Waals surface area contributed by atoms with Gasteiger partial charge in [-0.2, -0.15) is 0 Å². The Bertz CT molecular complexity index is 1090. The van der Waals surface area contributed by atoms with Crippen molar-refractivity contribution in [2.45, 2.75) is 9.79 Å². The van der Waals surface area contributed by atoms with Crippen molar-refractivity contribution in [2.24, 2.45) is 0 Å². The fourth-order valence-electron chi connectivity index (χ4n) is 2.72. The molecule has 4 aromatic rings. The standard InChI is InChI=1S/C26H18O5S2/c27-17-19-1-5-21(6-2-19)29-23-9-13-25(14-10-23)32-31-33-26-15-11-24(12-16-26)30-22-7-3-20(18-28)4-8-22/h1-18H. The largest absolute Gasteiger partial charge is 0.457 e. The molecular weight excluding hydrogens is 456 g/mol. The summed E-state index contributed by atoms with van der Waals surface area (Å²) < 4.78 is 17.2. The average molecular weight is 475 g/mol. The molecule has 164 valence electrons. The summed E-state index contributed by atoms with van der Waals surface area (Å²) in [5, 5.41) is 0. The summed E-state index contributed by atoms with van der Waals surface area (Å²) in [5.74, 6) is 2.72. The van der Waals surface area contributed by atoms with E-state index >= 15 is 0 Å². The number of rotatable bonds is 10. The van der Waals surface area contributed by atoms with Gasteiger partial charge in [0.05, 0.1) is 0 Å². The summed E-state index contributed by atoms with van der Waals surface area (Å²) in [6, 6.07) is 28.9. The van der Waals surface area contributed by atoms with Crippen LogP contribution in [0.2, 0.25) is 0 Å². The molecule has 0 N–H and O–H groups in total. The van der Waals surface area contributed by atoms with Crippen LogP contribution in [0.1, 0.15) is 20.7 Å². The first-order chi connectivity index (χ1) is 16.2. The first-order valence-corrected chi connectivity index (χ1v) is 11.4. The fraction of sp³-hybridized carbons (Fsp3) is 0. The molecule has 0 aromatic heterocycles. The lowest BCUT2D eigenvalue weighted by Crippen LogP contribution is -1.85. The molecule has 5 nitrogen and oxygen atoms in total. The van der Waals surface area contributed by atoms with Crippen LogP contribution in [0.25, 0.3) is 0 Å². The van der Waals surface area contributed by atoms with Gasteiger partial charge in [-0.3, -0.25) is 9.59 Å². The Balaban J connectivity index is 1.23. The van der Waals surface area contributed by atoms with Crippen LogP contribution in [0.15, 0.2) is 107 Å². The van der Waals surface area contributed by atoms with Crippen LogP contribution in [-0.4, -0.2) is 12.6 Å². The van der Waals surface area contributed by atoms with E-state index in [0.29, 0.717) is 34.1 Å². The molecule has 33 heavy (non-hydrogen) atoms. The minimum atomic E-state index is 0.608. The molecule has 0 bridgehead atoms. The van der Waals surface area contributed by atoms with Gasteiger partial charge in [0.2, 0.25) is 0 Å². The Hall–Kier alpha value is -3.52.